The lowest BCUT2D eigenvalue weighted by atomic mass is 9.93. The lowest BCUT2D eigenvalue weighted by molar-refractivity contribution is -0.134. The smallest absolute Gasteiger partial charge is 0.328 e. The van der Waals surface area contributed by atoms with E-state index in [1.165, 1.54) is 4.90 Å². The standard InChI is InChI=1S/C23H27N3O2S.C4H4O4/c1-3-25(4-2)13-14-28-19-11-9-18(10-12-19)26-22(27)15-17-16-29-21-8-6-5-7-20(21)23(17)24-26;5-3(6)1-2-4(7)8/h5-12,17H,3-4,13-16H2,1-2H3;1-2H,(H,5,6)(H,7,8)/b;2-1+. The zero-order chi connectivity index (χ0) is 26.8. The van der Waals surface area contributed by atoms with Crippen molar-refractivity contribution in [1.82, 2.24) is 4.90 Å². The fourth-order valence-electron chi connectivity index (χ4n) is 3.91. The van der Waals surface area contributed by atoms with Gasteiger partial charge in [-0.15, -0.1) is 11.8 Å². The second kappa shape index (κ2) is 13.6. The molecular weight excluding hydrogens is 494 g/mol. The molecule has 2 aliphatic rings. The third kappa shape index (κ3) is 7.93. The number of aliphatic carboxylic acids is 2. The fraction of sp³-hybridized carbons (Fsp3) is 0.333. The summed E-state index contributed by atoms with van der Waals surface area (Å²) < 4.78 is 5.86. The van der Waals surface area contributed by atoms with Crippen molar-refractivity contribution in [3.63, 3.8) is 0 Å². The molecule has 1 unspecified atom stereocenters. The zero-order valence-corrected chi connectivity index (χ0v) is 21.7. The van der Waals surface area contributed by atoms with E-state index in [0.717, 1.165) is 48.1 Å². The first-order chi connectivity index (χ1) is 17.8. The number of amides is 1. The molecule has 2 N–H and O–H groups in total. The SMILES string of the molecule is CCN(CC)CCOc1ccc(N2N=C3c4ccccc4SCC3CC2=O)cc1.O=C(O)/C=C/C(=O)O. The fourth-order valence-corrected chi connectivity index (χ4v) is 5.06. The molecule has 37 heavy (non-hydrogen) atoms. The Morgan fingerprint density at radius 2 is 1.73 bits per heavy atom. The maximum atomic E-state index is 12.7. The van der Waals surface area contributed by atoms with Crippen LogP contribution in [0, 0.1) is 5.92 Å². The molecule has 10 heteroatoms. The van der Waals surface area contributed by atoms with Crippen molar-refractivity contribution < 1.29 is 29.3 Å². The van der Waals surface area contributed by atoms with Crippen molar-refractivity contribution in [3.8, 4) is 5.75 Å². The number of nitrogens with zero attached hydrogens (tertiary/aromatic N) is 3. The second-order valence-electron chi connectivity index (χ2n) is 8.28. The predicted octanol–water partition coefficient (Wildman–Crippen LogP) is 3.98. The Morgan fingerprint density at radius 3 is 2.35 bits per heavy atom. The average molecular weight is 526 g/mol. The van der Waals surface area contributed by atoms with E-state index in [9.17, 15) is 14.4 Å². The molecule has 2 aromatic carbocycles. The number of carbonyl (C=O) groups excluding carboxylic acids is 1. The number of rotatable bonds is 9. The summed E-state index contributed by atoms with van der Waals surface area (Å²) in [4.78, 5) is 35.4. The first-order valence-electron chi connectivity index (χ1n) is 12.0. The van der Waals surface area contributed by atoms with E-state index in [4.69, 9.17) is 20.1 Å². The van der Waals surface area contributed by atoms with Gasteiger partial charge in [0.1, 0.15) is 12.4 Å². The van der Waals surface area contributed by atoms with Gasteiger partial charge in [-0.3, -0.25) is 4.79 Å². The average Bonchev–Trinajstić information content (AvgIpc) is 2.90. The van der Waals surface area contributed by atoms with Crippen LogP contribution in [0.25, 0.3) is 0 Å². The summed E-state index contributed by atoms with van der Waals surface area (Å²) in [6.45, 7) is 7.93. The lowest BCUT2D eigenvalue weighted by Gasteiger charge is -2.33. The van der Waals surface area contributed by atoms with Gasteiger partial charge in [0.15, 0.2) is 0 Å². The number of carboxylic acids is 2. The first-order valence-corrected chi connectivity index (χ1v) is 13.0. The van der Waals surface area contributed by atoms with Gasteiger partial charge >= 0.3 is 11.9 Å². The van der Waals surface area contributed by atoms with Crippen molar-refractivity contribution in [3.05, 3.63) is 66.2 Å². The maximum absolute atomic E-state index is 12.7. The summed E-state index contributed by atoms with van der Waals surface area (Å²) in [5.41, 5.74) is 2.97. The number of anilines is 1. The van der Waals surface area contributed by atoms with Crippen LogP contribution in [0.1, 0.15) is 25.8 Å². The topological polar surface area (TPSA) is 120 Å². The molecule has 0 aromatic heterocycles. The number of carboxylic acid groups (broad SMARTS) is 2. The predicted molar refractivity (Wildman–Crippen MR) is 143 cm³/mol. The Bertz CT molecular complexity index is 1140. The van der Waals surface area contributed by atoms with E-state index in [2.05, 4.69) is 36.9 Å². The number of thioether (sulfide) groups is 1. The zero-order valence-electron chi connectivity index (χ0n) is 20.9. The summed E-state index contributed by atoms with van der Waals surface area (Å²) in [6, 6.07) is 16.0. The summed E-state index contributed by atoms with van der Waals surface area (Å²) in [7, 11) is 0. The number of fused-ring (bicyclic) bond motifs is 3. The van der Waals surface area contributed by atoms with Crippen molar-refractivity contribution in [2.24, 2.45) is 11.0 Å². The van der Waals surface area contributed by atoms with E-state index in [-0.39, 0.29) is 11.8 Å². The van der Waals surface area contributed by atoms with E-state index in [1.54, 1.807) is 5.01 Å². The van der Waals surface area contributed by atoms with Crippen LogP contribution in [0.4, 0.5) is 5.69 Å². The van der Waals surface area contributed by atoms with E-state index in [1.807, 2.05) is 42.1 Å². The minimum atomic E-state index is -1.26. The molecule has 2 heterocycles. The highest BCUT2D eigenvalue weighted by molar-refractivity contribution is 7.99. The maximum Gasteiger partial charge on any atom is 0.328 e. The molecule has 196 valence electrons. The van der Waals surface area contributed by atoms with Gasteiger partial charge in [-0.05, 0) is 43.4 Å². The van der Waals surface area contributed by atoms with Crippen molar-refractivity contribution in [1.29, 1.82) is 0 Å². The Morgan fingerprint density at radius 1 is 1.08 bits per heavy atom. The molecule has 2 aromatic rings. The number of hydrogen-bond acceptors (Lipinski definition) is 7. The Balaban J connectivity index is 0.000000414. The highest BCUT2D eigenvalue weighted by Gasteiger charge is 2.34. The number of hydrazone groups is 1. The lowest BCUT2D eigenvalue weighted by Crippen LogP contribution is -2.39. The van der Waals surface area contributed by atoms with E-state index >= 15 is 0 Å². The number of carbonyl (C=O) groups is 3. The molecule has 9 nitrogen and oxygen atoms in total. The normalized spacial score (nSPS) is 16.4. The van der Waals surface area contributed by atoms with Crippen LogP contribution < -0.4 is 9.75 Å². The van der Waals surface area contributed by atoms with E-state index in [0.29, 0.717) is 25.2 Å². The van der Waals surface area contributed by atoms with Crippen LogP contribution in [0.3, 0.4) is 0 Å². The van der Waals surface area contributed by atoms with Gasteiger partial charge in [0.05, 0.1) is 11.4 Å². The Hall–Kier alpha value is -3.63. The number of hydrogen-bond donors (Lipinski definition) is 2. The summed E-state index contributed by atoms with van der Waals surface area (Å²) in [5.74, 6) is -0.542. The molecule has 0 radical (unpaired) electrons. The van der Waals surface area contributed by atoms with Gasteiger partial charge < -0.3 is 19.8 Å². The van der Waals surface area contributed by atoms with Crippen LogP contribution in [0.2, 0.25) is 0 Å². The summed E-state index contributed by atoms with van der Waals surface area (Å²) >= 11 is 1.82. The summed E-state index contributed by atoms with van der Waals surface area (Å²) in [5, 5.41) is 22.0. The molecule has 0 aliphatic carbocycles. The third-order valence-corrected chi connectivity index (χ3v) is 7.11. The van der Waals surface area contributed by atoms with Gasteiger partial charge in [-0.2, -0.15) is 5.10 Å². The molecular formula is C27H31N3O6S. The summed E-state index contributed by atoms with van der Waals surface area (Å²) in [6.07, 6.45) is 1.62. The van der Waals surface area contributed by atoms with Gasteiger partial charge in [-0.1, -0.05) is 32.0 Å². The van der Waals surface area contributed by atoms with Crippen LogP contribution in [-0.2, 0) is 14.4 Å². The number of ether oxygens (including phenoxy) is 1. The highest BCUT2D eigenvalue weighted by atomic mass is 32.2. The molecule has 0 spiro atoms. The van der Waals surface area contributed by atoms with Crippen LogP contribution in [0.15, 0.2) is 70.7 Å². The van der Waals surface area contributed by atoms with Crippen LogP contribution >= 0.6 is 11.8 Å². The minimum absolute atomic E-state index is 0.0499. The van der Waals surface area contributed by atoms with Crippen molar-refractivity contribution in [2.45, 2.75) is 25.2 Å². The second-order valence-corrected chi connectivity index (χ2v) is 9.34. The van der Waals surface area contributed by atoms with Crippen molar-refractivity contribution >= 4 is 41.0 Å². The van der Waals surface area contributed by atoms with Gasteiger partial charge in [-0.25, -0.2) is 14.6 Å². The molecule has 1 atom stereocenters. The monoisotopic (exact) mass is 525 g/mol. The molecule has 1 amide bonds. The van der Waals surface area contributed by atoms with E-state index < -0.39 is 11.9 Å². The third-order valence-electron chi connectivity index (χ3n) is 5.88. The van der Waals surface area contributed by atoms with Crippen molar-refractivity contribution in [2.75, 3.05) is 37.0 Å². The van der Waals surface area contributed by atoms with Gasteiger partial charge in [0, 0.05) is 47.2 Å². The van der Waals surface area contributed by atoms with Crippen LogP contribution in [-0.4, -0.2) is 70.7 Å². The quantitative estimate of drug-likeness (QED) is 0.472. The molecule has 0 saturated carbocycles. The first kappa shape index (κ1) is 27.9. The van der Waals surface area contributed by atoms with Gasteiger partial charge in [0.25, 0.3) is 0 Å². The van der Waals surface area contributed by atoms with Crippen LogP contribution in [0.5, 0.6) is 5.75 Å². The van der Waals surface area contributed by atoms with Gasteiger partial charge in [0.2, 0.25) is 5.91 Å². The number of benzene rings is 2. The molecule has 0 saturated heterocycles. The molecule has 0 bridgehead atoms. The Kier molecular flexibility index (Phi) is 10.3. The molecule has 2 aliphatic heterocycles. The Labute approximate surface area is 220 Å². The molecule has 0 fully saturated rings. The number of likely N-dealkylation sites (N-methyl/N-ethyl adjacent to an activating group) is 1. The molecule has 4 rings (SSSR count). The minimum Gasteiger partial charge on any atom is -0.492 e. The largest absolute Gasteiger partial charge is 0.492 e. The highest BCUT2D eigenvalue weighted by Crippen LogP contribution is 2.37.